The Morgan fingerprint density at radius 3 is 2.20 bits per heavy atom. The van der Waals surface area contributed by atoms with Gasteiger partial charge in [-0.3, -0.25) is 0 Å². The average molecular weight is 592 g/mol. The van der Waals surface area contributed by atoms with Gasteiger partial charge in [-0.25, -0.2) is 4.79 Å². The van der Waals surface area contributed by atoms with Gasteiger partial charge in [-0.2, -0.15) is 0 Å². The summed E-state index contributed by atoms with van der Waals surface area (Å²) in [5.41, 5.74) is 0.432. The number of hydrogen-bond donors (Lipinski definition) is 1. The molecule has 5 rings (SSSR count). The largest absolute Gasteiger partial charge is 0.497 e. The molecule has 0 aromatic heterocycles. The Morgan fingerprint density at radius 1 is 0.900 bits per heavy atom. The van der Waals surface area contributed by atoms with Crippen molar-refractivity contribution < 1.29 is 24.1 Å². The van der Waals surface area contributed by atoms with Crippen molar-refractivity contribution in [3.8, 4) is 11.5 Å². The zero-order valence-electron chi connectivity index (χ0n) is 23.4. The SMILES string of the molecule is COc1ccc(C(=O)OC2CCC(O)(c3ccc4cc(OC)ccc4c3)C(CN3CCN(C)CC3)C2)cc1.Cl.Cl. The minimum absolute atomic E-state index is 0. The molecular formula is C31H40Cl2N2O5. The van der Waals surface area contributed by atoms with Crippen LogP contribution in [0.25, 0.3) is 10.8 Å². The molecule has 40 heavy (non-hydrogen) atoms. The number of carbonyl (C=O) groups excluding carboxylic acids is 1. The normalized spacial score (nSPS) is 23.5. The number of methoxy groups -OCH3 is 2. The summed E-state index contributed by atoms with van der Waals surface area (Å²) in [7, 11) is 5.41. The molecule has 1 aliphatic heterocycles. The molecule has 3 atom stereocenters. The Labute approximate surface area is 249 Å². The number of carbonyl (C=O) groups is 1. The molecule has 9 heteroatoms. The van der Waals surface area contributed by atoms with Crippen LogP contribution in [-0.4, -0.2) is 81.0 Å². The number of aliphatic hydroxyl groups is 1. The molecule has 1 heterocycles. The van der Waals surface area contributed by atoms with Crippen molar-refractivity contribution in [1.82, 2.24) is 9.80 Å². The molecule has 1 N–H and O–H groups in total. The molecule has 0 amide bonds. The van der Waals surface area contributed by atoms with Gasteiger partial charge in [0.2, 0.25) is 0 Å². The van der Waals surface area contributed by atoms with E-state index in [-0.39, 0.29) is 42.8 Å². The van der Waals surface area contributed by atoms with Crippen molar-refractivity contribution in [2.24, 2.45) is 5.92 Å². The van der Waals surface area contributed by atoms with Gasteiger partial charge in [0.1, 0.15) is 17.6 Å². The van der Waals surface area contributed by atoms with Gasteiger partial charge >= 0.3 is 5.97 Å². The van der Waals surface area contributed by atoms with Crippen LogP contribution in [0.2, 0.25) is 0 Å². The van der Waals surface area contributed by atoms with E-state index in [9.17, 15) is 9.90 Å². The van der Waals surface area contributed by atoms with Crippen molar-refractivity contribution in [1.29, 1.82) is 0 Å². The Kier molecular flexibility index (Phi) is 11.1. The highest BCUT2D eigenvalue weighted by atomic mass is 35.5. The fourth-order valence-electron chi connectivity index (χ4n) is 5.84. The van der Waals surface area contributed by atoms with E-state index in [0.717, 1.165) is 54.8 Å². The molecule has 1 aliphatic carbocycles. The van der Waals surface area contributed by atoms with E-state index < -0.39 is 5.60 Å². The number of esters is 1. The summed E-state index contributed by atoms with van der Waals surface area (Å²) in [6.07, 6.45) is 1.52. The predicted octanol–water partition coefficient (Wildman–Crippen LogP) is 5.16. The van der Waals surface area contributed by atoms with Crippen LogP contribution in [-0.2, 0) is 10.3 Å². The fraction of sp³-hybridized carbons (Fsp3) is 0.452. The van der Waals surface area contributed by atoms with E-state index in [4.69, 9.17) is 14.2 Å². The van der Waals surface area contributed by atoms with Crippen molar-refractivity contribution >= 4 is 41.6 Å². The molecular weight excluding hydrogens is 551 g/mol. The molecule has 218 valence electrons. The molecule has 3 unspecified atom stereocenters. The number of fused-ring (bicyclic) bond motifs is 1. The first-order valence-electron chi connectivity index (χ1n) is 13.4. The highest BCUT2D eigenvalue weighted by Gasteiger charge is 2.45. The number of piperazine rings is 1. The van der Waals surface area contributed by atoms with Crippen LogP contribution in [0, 0.1) is 5.92 Å². The Balaban J connectivity index is 0.00000220. The molecule has 0 spiro atoms. The Hall–Kier alpha value is -2.55. The highest BCUT2D eigenvalue weighted by molar-refractivity contribution is 5.89. The van der Waals surface area contributed by atoms with Crippen LogP contribution in [0.5, 0.6) is 11.5 Å². The van der Waals surface area contributed by atoms with Gasteiger partial charge in [0.05, 0.1) is 25.4 Å². The molecule has 1 saturated heterocycles. The minimum Gasteiger partial charge on any atom is -0.497 e. The maximum Gasteiger partial charge on any atom is 0.338 e. The van der Waals surface area contributed by atoms with Crippen LogP contribution in [0.4, 0.5) is 0 Å². The van der Waals surface area contributed by atoms with Crippen molar-refractivity contribution in [3.05, 3.63) is 71.8 Å². The van der Waals surface area contributed by atoms with Crippen molar-refractivity contribution in [2.75, 3.05) is 54.0 Å². The van der Waals surface area contributed by atoms with Crippen LogP contribution in [0.1, 0.15) is 35.2 Å². The summed E-state index contributed by atoms with van der Waals surface area (Å²) in [4.78, 5) is 17.7. The lowest BCUT2D eigenvalue weighted by molar-refractivity contribution is -0.100. The minimum atomic E-state index is -1.000. The third-order valence-corrected chi connectivity index (χ3v) is 8.29. The van der Waals surface area contributed by atoms with Gasteiger partial charge in [0, 0.05) is 38.6 Å². The van der Waals surface area contributed by atoms with Gasteiger partial charge < -0.3 is 29.1 Å². The summed E-state index contributed by atoms with van der Waals surface area (Å²) in [5, 5.41) is 14.4. The number of likely N-dealkylation sites (N-methyl/N-ethyl adjacent to an activating group) is 1. The standard InChI is InChI=1S/C31H38N2O5.2ClH/c1-32-14-16-33(17-15-32)21-26-20-29(38-30(34)22-5-9-27(36-2)10-6-22)12-13-31(26,35)25-8-4-24-19-28(37-3)11-7-23(24)18-25;;/h4-11,18-19,26,29,35H,12-17,20-21H2,1-3H3;2*1H. The fourth-order valence-corrected chi connectivity index (χ4v) is 5.84. The number of benzene rings is 3. The predicted molar refractivity (Wildman–Crippen MR) is 162 cm³/mol. The first-order chi connectivity index (χ1) is 18.4. The van der Waals surface area contributed by atoms with Gasteiger partial charge in [-0.05, 0) is 85.1 Å². The third kappa shape index (κ3) is 7.01. The summed E-state index contributed by atoms with van der Waals surface area (Å²) >= 11 is 0. The van der Waals surface area contributed by atoms with Gasteiger partial charge in [-0.15, -0.1) is 24.8 Å². The molecule has 3 aromatic rings. The average Bonchev–Trinajstić information content (AvgIpc) is 2.95. The maximum atomic E-state index is 12.9. The van der Waals surface area contributed by atoms with Crippen LogP contribution >= 0.6 is 24.8 Å². The van der Waals surface area contributed by atoms with E-state index in [1.165, 1.54) is 0 Å². The molecule has 1 saturated carbocycles. The molecule has 2 aliphatic rings. The summed E-state index contributed by atoms with van der Waals surface area (Å²) in [5.74, 6) is 1.12. The first-order valence-corrected chi connectivity index (χ1v) is 13.4. The van der Waals surface area contributed by atoms with Crippen LogP contribution in [0.15, 0.2) is 60.7 Å². The molecule has 0 radical (unpaired) electrons. The van der Waals surface area contributed by atoms with Crippen LogP contribution < -0.4 is 9.47 Å². The molecule has 0 bridgehead atoms. The number of rotatable bonds is 7. The highest BCUT2D eigenvalue weighted by Crippen LogP contribution is 2.44. The summed E-state index contributed by atoms with van der Waals surface area (Å²) in [6, 6.07) is 19.2. The zero-order valence-corrected chi connectivity index (χ0v) is 25.0. The number of halogens is 2. The smallest absolute Gasteiger partial charge is 0.338 e. The summed E-state index contributed by atoms with van der Waals surface area (Å²) < 4.78 is 16.6. The lowest BCUT2D eigenvalue weighted by Crippen LogP contribution is -2.52. The lowest BCUT2D eigenvalue weighted by Gasteiger charge is -2.46. The monoisotopic (exact) mass is 590 g/mol. The molecule has 2 fully saturated rings. The molecule has 3 aromatic carbocycles. The lowest BCUT2D eigenvalue weighted by atomic mass is 9.70. The first kappa shape index (κ1) is 32.0. The topological polar surface area (TPSA) is 71.5 Å². The molecule has 7 nitrogen and oxygen atoms in total. The second kappa shape index (κ2) is 13.9. The Bertz CT molecular complexity index is 1270. The zero-order chi connectivity index (χ0) is 26.7. The maximum absolute atomic E-state index is 12.9. The third-order valence-electron chi connectivity index (χ3n) is 8.29. The number of nitrogens with zero attached hydrogens (tertiary/aromatic N) is 2. The second-order valence-electron chi connectivity index (χ2n) is 10.7. The quantitative estimate of drug-likeness (QED) is 0.381. The van der Waals surface area contributed by atoms with E-state index in [1.807, 2.05) is 24.3 Å². The van der Waals surface area contributed by atoms with Crippen molar-refractivity contribution in [3.63, 3.8) is 0 Å². The van der Waals surface area contributed by atoms with Crippen molar-refractivity contribution in [2.45, 2.75) is 31.0 Å². The van der Waals surface area contributed by atoms with Gasteiger partial charge in [0.25, 0.3) is 0 Å². The number of ether oxygens (including phenoxy) is 3. The van der Waals surface area contributed by atoms with E-state index in [1.54, 1.807) is 38.5 Å². The van der Waals surface area contributed by atoms with E-state index in [0.29, 0.717) is 30.6 Å². The second-order valence-corrected chi connectivity index (χ2v) is 10.7. The van der Waals surface area contributed by atoms with E-state index in [2.05, 4.69) is 29.0 Å². The van der Waals surface area contributed by atoms with Crippen LogP contribution in [0.3, 0.4) is 0 Å². The summed E-state index contributed by atoms with van der Waals surface area (Å²) in [6.45, 7) is 4.73. The number of hydrogen-bond acceptors (Lipinski definition) is 7. The van der Waals surface area contributed by atoms with Gasteiger partial charge in [-0.1, -0.05) is 18.2 Å². The van der Waals surface area contributed by atoms with E-state index >= 15 is 0 Å². The van der Waals surface area contributed by atoms with Gasteiger partial charge in [0.15, 0.2) is 0 Å². The Morgan fingerprint density at radius 2 is 1.52 bits per heavy atom.